The molecular formula is C20H35N3O2. The van der Waals surface area contributed by atoms with Crippen molar-refractivity contribution < 1.29 is 9.47 Å². The Kier molecular flexibility index (Phi) is 6.77. The standard InChI is InChI=1S/C20H35N3O2/c1-16-13-20(21-23(16)19-9-5-4-6-10-19)24-12-8-7-11-22-14-17(2)25-18(3)15-22/h13,17-19H,4-12,14-15H2,1-3H3. The predicted octanol–water partition coefficient (Wildman–Crippen LogP) is 3.96. The number of aryl methyl sites for hydroxylation is 1. The summed E-state index contributed by atoms with van der Waals surface area (Å²) in [5.74, 6) is 0.802. The van der Waals surface area contributed by atoms with Crippen LogP contribution in [0.5, 0.6) is 5.88 Å². The second-order valence-electron chi connectivity index (χ2n) is 7.93. The van der Waals surface area contributed by atoms with E-state index < -0.39 is 0 Å². The molecule has 2 heterocycles. The molecule has 2 unspecified atom stereocenters. The molecule has 0 spiro atoms. The largest absolute Gasteiger partial charge is 0.477 e. The van der Waals surface area contributed by atoms with Crippen molar-refractivity contribution in [2.24, 2.45) is 0 Å². The number of ether oxygens (including phenoxy) is 2. The normalized spacial score (nSPS) is 26.0. The average molecular weight is 350 g/mol. The van der Waals surface area contributed by atoms with E-state index in [1.807, 2.05) is 0 Å². The zero-order chi connectivity index (χ0) is 17.6. The van der Waals surface area contributed by atoms with E-state index in [1.54, 1.807) is 0 Å². The van der Waals surface area contributed by atoms with E-state index in [2.05, 4.69) is 36.4 Å². The maximum Gasteiger partial charge on any atom is 0.233 e. The molecule has 0 N–H and O–H groups in total. The minimum absolute atomic E-state index is 0.353. The lowest BCUT2D eigenvalue weighted by Crippen LogP contribution is -2.45. The summed E-state index contributed by atoms with van der Waals surface area (Å²) in [4.78, 5) is 2.51. The van der Waals surface area contributed by atoms with Gasteiger partial charge in [-0.15, -0.1) is 5.10 Å². The van der Waals surface area contributed by atoms with Crippen LogP contribution in [0.25, 0.3) is 0 Å². The molecule has 142 valence electrons. The number of hydrogen-bond donors (Lipinski definition) is 0. The maximum absolute atomic E-state index is 5.91. The van der Waals surface area contributed by atoms with Crippen molar-refractivity contribution in [3.8, 4) is 5.88 Å². The maximum atomic E-state index is 5.91. The van der Waals surface area contributed by atoms with Gasteiger partial charge in [0.2, 0.25) is 5.88 Å². The molecule has 1 aliphatic carbocycles. The summed E-state index contributed by atoms with van der Waals surface area (Å²) in [6.07, 6.45) is 9.52. The van der Waals surface area contributed by atoms with Crippen LogP contribution in [-0.2, 0) is 4.74 Å². The fourth-order valence-corrected chi connectivity index (χ4v) is 4.31. The number of rotatable bonds is 7. The lowest BCUT2D eigenvalue weighted by molar-refractivity contribution is -0.0682. The van der Waals surface area contributed by atoms with Gasteiger partial charge in [-0.2, -0.15) is 0 Å². The van der Waals surface area contributed by atoms with Crippen molar-refractivity contribution in [3.63, 3.8) is 0 Å². The van der Waals surface area contributed by atoms with E-state index in [0.717, 1.165) is 38.5 Å². The Balaban J connectivity index is 1.36. The average Bonchev–Trinajstić information content (AvgIpc) is 2.95. The molecule has 2 atom stereocenters. The lowest BCUT2D eigenvalue weighted by atomic mass is 9.95. The molecule has 0 aromatic carbocycles. The van der Waals surface area contributed by atoms with Gasteiger partial charge in [-0.1, -0.05) is 19.3 Å². The van der Waals surface area contributed by atoms with Crippen LogP contribution in [-0.4, -0.2) is 53.1 Å². The van der Waals surface area contributed by atoms with Crippen molar-refractivity contribution in [2.75, 3.05) is 26.2 Å². The highest BCUT2D eigenvalue weighted by atomic mass is 16.5. The fourth-order valence-electron chi connectivity index (χ4n) is 4.31. The summed E-state index contributed by atoms with van der Waals surface area (Å²) in [6.45, 7) is 10.5. The quantitative estimate of drug-likeness (QED) is 0.699. The Morgan fingerprint density at radius 2 is 1.84 bits per heavy atom. The van der Waals surface area contributed by atoms with Gasteiger partial charge in [0.05, 0.1) is 24.9 Å². The summed E-state index contributed by atoms with van der Waals surface area (Å²) in [5, 5.41) is 4.71. The van der Waals surface area contributed by atoms with Gasteiger partial charge >= 0.3 is 0 Å². The van der Waals surface area contributed by atoms with Gasteiger partial charge in [0.25, 0.3) is 0 Å². The Morgan fingerprint density at radius 1 is 1.12 bits per heavy atom. The molecule has 0 amide bonds. The third kappa shape index (κ3) is 5.45. The minimum atomic E-state index is 0.353. The lowest BCUT2D eigenvalue weighted by Gasteiger charge is -2.35. The van der Waals surface area contributed by atoms with Gasteiger partial charge in [-0.25, -0.2) is 0 Å². The van der Waals surface area contributed by atoms with Crippen LogP contribution in [0.2, 0.25) is 0 Å². The third-order valence-corrected chi connectivity index (χ3v) is 5.43. The Labute approximate surface area is 152 Å². The van der Waals surface area contributed by atoms with Crippen LogP contribution in [0.3, 0.4) is 0 Å². The van der Waals surface area contributed by atoms with Crippen LogP contribution in [0.1, 0.15) is 70.5 Å². The number of nitrogens with zero attached hydrogens (tertiary/aromatic N) is 3. The van der Waals surface area contributed by atoms with Gasteiger partial charge in [0.15, 0.2) is 0 Å². The molecule has 1 aliphatic heterocycles. The Hall–Kier alpha value is -1.07. The first-order valence-corrected chi connectivity index (χ1v) is 10.2. The highest BCUT2D eigenvalue weighted by Gasteiger charge is 2.21. The minimum Gasteiger partial charge on any atom is -0.477 e. The van der Waals surface area contributed by atoms with Crippen LogP contribution in [0, 0.1) is 6.92 Å². The molecule has 3 rings (SSSR count). The highest BCUT2D eigenvalue weighted by Crippen LogP contribution is 2.29. The molecule has 1 aromatic rings. The molecule has 2 fully saturated rings. The van der Waals surface area contributed by atoms with Crippen LogP contribution in [0.4, 0.5) is 0 Å². The number of hydrogen-bond acceptors (Lipinski definition) is 4. The number of unbranched alkanes of at least 4 members (excludes halogenated alkanes) is 1. The van der Waals surface area contributed by atoms with Crippen molar-refractivity contribution >= 4 is 0 Å². The van der Waals surface area contributed by atoms with Crippen molar-refractivity contribution in [1.82, 2.24) is 14.7 Å². The van der Waals surface area contributed by atoms with Crippen molar-refractivity contribution in [3.05, 3.63) is 11.8 Å². The summed E-state index contributed by atoms with van der Waals surface area (Å²) in [5.41, 5.74) is 1.23. The Morgan fingerprint density at radius 3 is 2.56 bits per heavy atom. The Bertz CT molecular complexity index is 515. The zero-order valence-corrected chi connectivity index (χ0v) is 16.2. The van der Waals surface area contributed by atoms with E-state index in [1.165, 1.54) is 44.2 Å². The molecule has 1 aromatic heterocycles. The number of aromatic nitrogens is 2. The van der Waals surface area contributed by atoms with Gasteiger partial charge in [-0.05, 0) is 53.0 Å². The second kappa shape index (κ2) is 9.04. The van der Waals surface area contributed by atoms with Crippen molar-refractivity contribution in [1.29, 1.82) is 0 Å². The third-order valence-electron chi connectivity index (χ3n) is 5.43. The molecule has 1 saturated heterocycles. The van der Waals surface area contributed by atoms with E-state index in [0.29, 0.717) is 18.2 Å². The smallest absolute Gasteiger partial charge is 0.233 e. The summed E-state index contributed by atoms with van der Waals surface area (Å²) >= 11 is 0. The molecule has 0 radical (unpaired) electrons. The van der Waals surface area contributed by atoms with Crippen LogP contribution in [0.15, 0.2) is 6.07 Å². The fraction of sp³-hybridized carbons (Fsp3) is 0.850. The van der Waals surface area contributed by atoms with E-state index in [4.69, 9.17) is 14.6 Å². The van der Waals surface area contributed by atoms with Gasteiger partial charge in [0.1, 0.15) is 0 Å². The molecule has 5 nitrogen and oxygen atoms in total. The topological polar surface area (TPSA) is 39.5 Å². The van der Waals surface area contributed by atoms with Gasteiger partial charge < -0.3 is 9.47 Å². The zero-order valence-electron chi connectivity index (χ0n) is 16.2. The summed E-state index contributed by atoms with van der Waals surface area (Å²) in [6, 6.07) is 2.68. The van der Waals surface area contributed by atoms with E-state index in [9.17, 15) is 0 Å². The first kappa shape index (κ1) is 18.7. The molecule has 2 aliphatic rings. The molecule has 5 heteroatoms. The summed E-state index contributed by atoms with van der Waals surface area (Å²) < 4.78 is 13.9. The summed E-state index contributed by atoms with van der Waals surface area (Å²) in [7, 11) is 0. The van der Waals surface area contributed by atoms with Crippen LogP contribution >= 0.6 is 0 Å². The molecular weight excluding hydrogens is 314 g/mol. The number of morpholine rings is 1. The first-order valence-electron chi connectivity index (χ1n) is 10.2. The highest BCUT2D eigenvalue weighted by molar-refractivity contribution is 5.15. The second-order valence-corrected chi connectivity index (χ2v) is 7.93. The van der Waals surface area contributed by atoms with E-state index in [-0.39, 0.29) is 0 Å². The SMILES string of the molecule is Cc1cc(OCCCCN2CC(C)OC(C)C2)nn1C1CCCCC1. The first-order chi connectivity index (χ1) is 12.1. The monoisotopic (exact) mass is 349 g/mol. The van der Waals surface area contributed by atoms with Gasteiger partial charge in [0, 0.05) is 24.8 Å². The van der Waals surface area contributed by atoms with Crippen molar-refractivity contribution in [2.45, 2.75) is 84.0 Å². The molecule has 0 bridgehead atoms. The predicted molar refractivity (Wildman–Crippen MR) is 100 cm³/mol. The van der Waals surface area contributed by atoms with E-state index >= 15 is 0 Å². The van der Waals surface area contributed by atoms with Gasteiger partial charge in [-0.3, -0.25) is 9.58 Å². The van der Waals surface area contributed by atoms with Crippen LogP contribution < -0.4 is 4.74 Å². The molecule has 1 saturated carbocycles. The molecule has 25 heavy (non-hydrogen) atoms.